The molecule has 0 saturated heterocycles. The number of methoxy groups -OCH3 is 2. The van der Waals surface area contributed by atoms with E-state index in [1.54, 1.807) is 44.6 Å². The topological polar surface area (TPSA) is 87.4 Å². The molecule has 9 heteroatoms. The van der Waals surface area contributed by atoms with E-state index in [1.807, 2.05) is 23.8 Å². The first-order valence-corrected chi connectivity index (χ1v) is 10.9. The van der Waals surface area contributed by atoms with Crippen LogP contribution in [0.25, 0.3) is 5.69 Å². The summed E-state index contributed by atoms with van der Waals surface area (Å²) in [5, 5.41) is 3.10. The largest absolute Gasteiger partial charge is 0.494 e. The van der Waals surface area contributed by atoms with Crippen LogP contribution >= 0.6 is 0 Å². The summed E-state index contributed by atoms with van der Waals surface area (Å²) >= 11 is 0. The van der Waals surface area contributed by atoms with E-state index in [1.165, 1.54) is 36.1 Å². The number of ether oxygens (including phenoxy) is 2. The number of esters is 1. The molecule has 0 amide bonds. The van der Waals surface area contributed by atoms with Gasteiger partial charge in [0.1, 0.15) is 17.3 Å². The lowest BCUT2D eigenvalue weighted by molar-refractivity contribution is 0.0599. The summed E-state index contributed by atoms with van der Waals surface area (Å²) in [5.74, 6) is -0.393. The van der Waals surface area contributed by atoms with Gasteiger partial charge in [0.2, 0.25) is 0 Å². The van der Waals surface area contributed by atoms with Gasteiger partial charge in [-0.2, -0.15) is 0 Å². The zero-order valence-corrected chi connectivity index (χ0v) is 19.8. The molecule has 0 bridgehead atoms. The Morgan fingerprint density at radius 2 is 1.83 bits per heavy atom. The molecule has 180 valence electrons. The maximum atomic E-state index is 13.4. The number of imidazole rings is 1. The van der Waals surface area contributed by atoms with Gasteiger partial charge in [-0.1, -0.05) is 12.1 Å². The van der Waals surface area contributed by atoms with Crippen LogP contribution in [0.1, 0.15) is 34.6 Å². The van der Waals surface area contributed by atoms with E-state index in [-0.39, 0.29) is 22.6 Å². The molecule has 2 heterocycles. The standard InChI is InChI=1S/C26H25FN4O4/c1-16-13-30(15-28-16)23-10-9-21(12-24(23)34-3)29-22-11-19(26(33)35-4)14-31(25(22)32)17(2)18-5-7-20(27)8-6-18/h5-15,17,29H,1-4H3/t17-/m1/s1. The number of nitrogens with zero attached hydrogens (tertiary/aromatic N) is 3. The molecule has 0 aliphatic carbocycles. The number of anilines is 2. The Kier molecular flexibility index (Phi) is 6.68. The van der Waals surface area contributed by atoms with Crippen molar-refractivity contribution >= 4 is 17.3 Å². The second kappa shape index (κ2) is 9.84. The third-order valence-electron chi connectivity index (χ3n) is 5.68. The summed E-state index contributed by atoms with van der Waals surface area (Å²) in [4.78, 5) is 30.0. The monoisotopic (exact) mass is 476 g/mol. The lowest BCUT2D eigenvalue weighted by atomic mass is 10.1. The molecule has 2 aromatic heterocycles. The van der Waals surface area contributed by atoms with Gasteiger partial charge in [-0.3, -0.25) is 4.79 Å². The summed E-state index contributed by atoms with van der Waals surface area (Å²) in [6.45, 7) is 3.69. The van der Waals surface area contributed by atoms with E-state index in [0.717, 1.165) is 11.4 Å². The van der Waals surface area contributed by atoms with Crippen molar-refractivity contribution in [3.63, 3.8) is 0 Å². The van der Waals surface area contributed by atoms with Gasteiger partial charge in [-0.05, 0) is 49.7 Å². The third-order valence-corrected chi connectivity index (χ3v) is 5.68. The van der Waals surface area contributed by atoms with Crippen LogP contribution in [-0.2, 0) is 4.74 Å². The Labute approximate surface area is 201 Å². The smallest absolute Gasteiger partial charge is 0.339 e. The number of carbonyl (C=O) groups is 1. The van der Waals surface area contributed by atoms with Crippen LogP contribution < -0.4 is 15.6 Å². The Balaban J connectivity index is 1.75. The van der Waals surface area contributed by atoms with Crippen molar-refractivity contribution in [2.24, 2.45) is 0 Å². The Hall–Kier alpha value is -4.40. The van der Waals surface area contributed by atoms with E-state index < -0.39 is 12.0 Å². The summed E-state index contributed by atoms with van der Waals surface area (Å²) in [5.41, 5.74) is 2.96. The SMILES string of the molecule is COC(=O)c1cc(Nc2ccc(-n3cnc(C)c3)c(OC)c2)c(=O)n([C@H](C)c2ccc(F)cc2)c1. The molecular weight excluding hydrogens is 451 g/mol. The fraction of sp³-hybridized carbons (Fsp3) is 0.192. The zero-order chi connectivity index (χ0) is 25.1. The minimum absolute atomic E-state index is 0.176. The van der Waals surface area contributed by atoms with Crippen LogP contribution in [0, 0.1) is 12.7 Å². The van der Waals surface area contributed by atoms with Gasteiger partial charge in [-0.25, -0.2) is 14.2 Å². The Morgan fingerprint density at radius 1 is 1.09 bits per heavy atom. The molecule has 0 fully saturated rings. The van der Waals surface area contributed by atoms with Crippen LogP contribution in [0.4, 0.5) is 15.8 Å². The number of nitrogens with one attached hydrogen (secondary N) is 1. The number of halogens is 1. The number of hydrogen-bond acceptors (Lipinski definition) is 6. The minimum Gasteiger partial charge on any atom is -0.494 e. The highest BCUT2D eigenvalue weighted by Gasteiger charge is 2.18. The molecule has 1 atom stereocenters. The highest BCUT2D eigenvalue weighted by molar-refractivity contribution is 5.90. The van der Waals surface area contributed by atoms with Crippen molar-refractivity contribution < 1.29 is 18.7 Å². The van der Waals surface area contributed by atoms with Crippen LogP contribution in [0.2, 0.25) is 0 Å². The highest BCUT2D eigenvalue weighted by atomic mass is 19.1. The van der Waals surface area contributed by atoms with Crippen molar-refractivity contribution in [2.75, 3.05) is 19.5 Å². The second-order valence-electron chi connectivity index (χ2n) is 8.01. The number of pyridine rings is 1. The predicted octanol–water partition coefficient (Wildman–Crippen LogP) is 4.63. The molecule has 0 unspecified atom stereocenters. The Bertz CT molecular complexity index is 1430. The molecule has 0 radical (unpaired) electrons. The molecule has 4 aromatic rings. The van der Waals surface area contributed by atoms with Gasteiger partial charge >= 0.3 is 5.97 Å². The van der Waals surface area contributed by atoms with Crippen LogP contribution in [-0.4, -0.2) is 34.3 Å². The maximum Gasteiger partial charge on any atom is 0.339 e. The number of carbonyl (C=O) groups excluding carboxylic acids is 1. The fourth-order valence-electron chi connectivity index (χ4n) is 3.79. The van der Waals surface area contributed by atoms with Crippen LogP contribution in [0.3, 0.4) is 0 Å². The number of aryl methyl sites for hydroxylation is 1. The van der Waals surface area contributed by atoms with Crippen LogP contribution in [0.15, 0.2) is 72.0 Å². The normalized spacial score (nSPS) is 11.7. The van der Waals surface area contributed by atoms with Gasteiger partial charge in [0.05, 0.1) is 43.5 Å². The number of hydrogen-bond donors (Lipinski definition) is 1. The molecule has 2 aromatic carbocycles. The molecule has 0 saturated carbocycles. The van der Waals surface area contributed by atoms with Crippen molar-refractivity contribution in [3.8, 4) is 11.4 Å². The van der Waals surface area contributed by atoms with Crippen LogP contribution in [0.5, 0.6) is 5.75 Å². The van der Waals surface area contributed by atoms with Gasteiger partial charge in [0.15, 0.2) is 0 Å². The van der Waals surface area contributed by atoms with Crippen molar-refractivity contribution in [2.45, 2.75) is 19.9 Å². The summed E-state index contributed by atoms with van der Waals surface area (Å²) in [6.07, 6.45) is 5.01. The van der Waals surface area contributed by atoms with E-state index in [2.05, 4.69) is 10.3 Å². The number of benzene rings is 2. The predicted molar refractivity (Wildman–Crippen MR) is 130 cm³/mol. The molecule has 8 nitrogen and oxygen atoms in total. The van der Waals surface area contributed by atoms with Crippen molar-refractivity contribution in [3.05, 3.63) is 100 Å². The number of rotatable bonds is 7. The Morgan fingerprint density at radius 3 is 2.46 bits per heavy atom. The molecule has 35 heavy (non-hydrogen) atoms. The molecular formula is C26H25FN4O4. The van der Waals surface area contributed by atoms with Crippen molar-refractivity contribution in [1.29, 1.82) is 0 Å². The molecule has 0 spiro atoms. The minimum atomic E-state index is -0.587. The fourth-order valence-corrected chi connectivity index (χ4v) is 3.79. The van der Waals surface area contributed by atoms with E-state index in [9.17, 15) is 14.0 Å². The number of aromatic nitrogens is 3. The lowest BCUT2D eigenvalue weighted by Crippen LogP contribution is -2.27. The van der Waals surface area contributed by atoms with E-state index in [0.29, 0.717) is 17.0 Å². The first-order valence-electron chi connectivity index (χ1n) is 10.9. The van der Waals surface area contributed by atoms with E-state index >= 15 is 0 Å². The van der Waals surface area contributed by atoms with Crippen molar-refractivity contribution in [1.82, 2.24) is 14.1 Å². The summed E-state index contributed by atoms with van der Waals surface area (Å²) < 4.78 is 27.1. The molecule has 1 N–H and O–H groups in total. The summed E-state index contributed by atoms with van der Waals surface area (Å²) in [7, 11) is 2.83. The highest BCUT2D eigenvalue weighted by Crippen LogP contribution is 2.28. The van der Waals surface area contributed by atoms with Gasteiger partial charge in [-0.15, -0.1) is 0 Å². The first kappa shape index (κ1) is 23.7. The zero-order valence-electron chi connectivity index (χ0n) is 19.8. The summed E-state index contributed by atoms with van der Waals surface area (Å²) in [6, 6.07) is 12.2. The third kappa shape index (κ3) is 4.93. The molecule has 0 aliphatic rings. The van der Waals surface area contributed by atoms with Gasteiger partial charge < -0.3 is 23.9 Å². The van der Waals surface area contributed by atoms with Gasteiger partial charge in [0.25, 0.3) is 5.56 Å². The van der Waals surface area contributed by atoms with E-state index in [4.69, 9.17) is 9.47 Å². The average molecular weight is 477 g/mol. The quantitative estimate of drug-likeness (QED) is 0.392. The maximum absolute atomic E-state index is 13.4. The second-order valence-corrected chi connectivity index (χ2v) is 8.01. The molecule has 0 aliphatic heterocycles. The molecule has 4 rings (SSSR count). The average Bonchev–Trinajstić information content (AvgIpc) is 3.30. The lowest BCUT2D eigenvalue weighted by Gasteiger charge is -2.19. The first-order chi connectivity index (χ1) is 16.8. The van der Waals surface area contributed by atoms with Gasteiger partial charge in [0, 0.05) is 24.1 Å².